The molecule has 2 heterocycles. The number of H-pyrrole nitrogens is 1. The number of aliphatic hydroxyl groups is 1. The van der Waals surface area contributed by atoms with Crippen LogP contribution >= 0.6 is 11.8 Å². The van der Waals surface area contributed by atoms with Crippen LogP contribution in [0.3, 0.4) is 0 Å². The Morgan fingerprint density at radius 2 is 1.88 bits per heavy atom. The number of hydrogen-bond acceptors (Lipinski definition) is 4. The first-order valence-electron chi connectivity index (χ1n) is 7.80. The Kier molecular flexibility index (Phi) is 4.09. The molecule has 24 heavy (non-hydrogen) atoms. The third kappa shape index (κ3) is 2.48. The zero-order valence-electron chi connectivity index (χ0n) is 13.8. The van der Waals surface area contributed by atoms with E-state index < -0.39 is 28.3 Å². The van der Waals surface area contributed by atoms with Gasteiger partial charge in [0.05, 0.1) is 0 Å². The van der Waals surface area contributed by atoms with E-state index in [-0.39, 0.29) is 0 Å². The average molecular weight is 347 g/mol. The minimum absolute atomic E-state index is 0.323. The van der Waals surface area contributed by atoms with E-state index in [2.05, 4.69) is 15.6 Å². The highest BCUT2D eigenvalue weighted by molar-refractivity contribution is 8.00. The first-order valence-corrected chi connectivity index (χ1v) is 9.02. The van der Waals surface area contributed by atoms with Gasteiger partial charge in [-0.25, -0.2) is 0 Å². The van der Waals surface area contributed by atoms with Gasteiger partial charge >= 0.3 is 0 Å². The lowest BCUT2D eigenvalue weighted by Crippen LogP contribution is -2.76. The van der Waals surface area contributed by atoms with E-state index in [1.165, 1.54) is 11.8 Å². The van der Waals surface area contributed by atoms with E-state index in [0.29, 0.717) is 6.42 Å². The molecule has 2 atom stereocenters. The molecule has 3 rings (SSSR count). The maximum absolute atomic E-state index is 12.8. The lowest BCUT2D eigenvalue weighted by Gasteiger charge is -2.44. The van der Waals surface area contributed by atoms with Gasteiger partial charge in [0.15, 0.2) is 4.87 Å². The zero-order valence-corrected chi connectivity index (χ0v) is 14.7. The molecule has 1 saturated heterocycles. The summed E-state index contributed by atoms with van der Waals surface area (Å²) >= 11 is 1.26. The highest BCUT2D eigenvalue weighted by atomic mass is 32.2. The standard InChI is InChI=1S/C17H21N3O3S/c1-10(2)17(23)15(22)19-16(24-3,14(21)20-17)8-11-9-18-13-7-5-4-6-12(11)13/h4-7,9-10,18,23H,8H2,1-3H3,(H,19,22)(H,20,21)/t16-,17-/m1/s1. The number of piperazine rings is 1. The fraction of sp³-hybridized carbons (Fsp3) is 0.412. The molecule has 0 saturated carbocycles. The SMILES string of the molecule is CS[C@@]1(Cc2c[nH]c3ccccc23)NC(=O)[C@](O)(C(C)C)NC1=O. The van der Waals surface area contributed by atoms with E-state index in [1.54, 1.807) is 20.1 Å². The van der Waals surface area contributed by atoms with Crippen molar-refractivity contribution in [3.05, 3.63) is 36.0 Å². The van der Waals surface area contributed by atoms with Crippen LogP contribution < -0.4 is 10.6 Å². The van der Waals surface area contributed by atoms with E-state index in [9.17, 15) is 14.7 Å². The number of rotatable bonds is 4. The van der Waals surface area contributed by atoms with E-state index >= 15 is 0 Å². The minimum atomic E-state index is -1.88. The fourth-order valence-corrected chi connectivity index (χ4v) is 3.69. The number of thioether (sulfide) groups is 1. The summed E-state index contributed by atoms with van der Waals surface area (Å²) in [5.74, 6) is -1.41. The Balaban J connectivity index is 1.96. The van der Waals surface area contributed by atoms with Gasteiger partial charge in [0.2, 0.25) is 5.72 Å². The van der Waals surface area contributed by atoms with Gasteiger partial charge in [-0.3, -0.25) is 9.59 Å². The molecule has 128 valence electrons. The van der Waals surface area contributed by atoms with Crippen LogP contribution in [0.15, 0.2) is 30.5 Å². The minimum Gasteiger partial charge on any atom is -0.363 e. The summed E-state index contributed by atoms with van der Waals surface area (Å²) in [5.41, 5.74) is 0.0339. The van der Waals surface area contributed by atoms with Crippen LogP contribution in [0.2, 0.25) is 0 Å². The van der Waals surface area contributed by atoms with Crippen LogP contribution in [0.25, 0.3) is 10.9 Å². The molecule has 0 radical (unpaired) electrons. The summed E-state index contributed by atoms with van der Waals surface area (Å²) < 4.78 is 0. The average Bonchev–Trinajstić information content (AvgIpc) is 2.95. The Labute approximate surface area is 144 Å². The zero-order chi connectivity index (χ0) is 17.5. The number of fused-ring (bicyclic) bond motifs is 1. The molecular weight excluding hydrogens is 326 g/mol. The number of carbonyl (C=O) groups is 2. The van der Waals surface area contributed by atoms with Gasteiger partial charge in [0.25, 0.3) is 11.8 Å². The van der Waals surface area contributed by atoms with Crippen molar-refractivity contribution in [3.8, 4) is 0 Å². The summed E-state index contributed by atoms with van der Waals surface area (Å²) in [5, 5.41) is 16.7. The molecule has 0 unspecified atom stereocenters. The third-order valence-electron chi connectivity index (χ3n) is 4.63. The molecule has 1 aliphatic rings. The van der Waals surface area contributed by atoms with Gasteiger partial charge in [-0.05, 0) is 17.9 Å². The second-order valence-electron chi connectivity index (χ2n) is 6.40. The summed E-state index contributed by atoms with van der Waals surface area (Å²) in [6.45, 7) is 3.37. The van der Waals surface area contributed by atoms with Gasteiger partial charge in [0.1, 0.15) is 0 Å². The van der Waals surface area contributed by atoms with Crippen molar-refractivity contribution in [3.63, 3.8) is 0 Å². The molecule has 6 nitrogen and oxygen atoms in total. The summed E-state index contributed by atoms with van der Waals surface area (Å²) in [6.07, 6.45) is 3.95. The maximum Gasteiger partial charge on any atom is 0.274 e. The molecule has 1 fully saturated rings. The monoisotopic (exact) mass is 347 g/mol. The van der Waals surface area contributed by atoms with Gasteiger partial charge in [0, 0.05) is 29.4 Å². The van der Waals surface area contributed by atoms with E-state index in [0.717, 1.165) is 16.5 Å². The van der Waals surface area contributed by atoms with E-state index in [1.807, 2.05) is 30.5 Å². The van der Waals surface area contributed by atoms with Gasteiger partial charge in [-0.15, -0.1) is 11.8 Å². The molecular formula is C17H21N3O3S. The summed E-state index contributed by atoms with van der Waals surface area (Å²) in [7, 11) is 0. The molecule has 1 aromatic heterocycles. The molecule has 1 aromatic carbocycles. The lowest BCUT2D eigenvalue weighted by molar-refractivity contribution is -0.164. The smallest absolute Gasteiger partial charge is 0.274 e. The molecule has 1 aliphatic heterocycles. The quantitative estimate of drug-likeness (QED) is 0.672. The predicted molar refractivity (Wildman–Crippen MR) is 94.3 cm³/mol. The Morgan fingerprint density at radius 1 is 1.17 bits per heavy atom. The molecule has 0 bridgehead atoms. The Hall–Kier alpha value is -1.99. The highest BCUT2D eigenvalue weighted by Gasteiger charge is 2.54. The number of aromatic amines is 1. The molecule has 2 amide bonds. The van der Waals surface area contributed by atoms with Crippen LogP contribution in [0.1, 0.15) is 19.4 Å². The summed E-state index contributed by atoms with van der Waals surface area (Å²) in [4.78, 5) is 27.3. The van der Waals surface area contributed by atoms with Crippen molar-refractivity contribution in [2.75, 3.05) is 6.26 Å². The molecule has 0 aliphatic carbocycles. The van der Waals surface area contributed by atoms with Crippen molar-refractivity contribution in [1.82, 2.24) is 15.6 Å². The predicted octanol–water partition coefficient (Wildman–Crippen LogP) is 1.36. The number of carbonyl (C=O) groups excluding carboxylic acids is 2. The number of para-hydroxylation sites is 1. The van der Waals surface area contributed by atoms with Crippen molar-refractivity contribution >= 4 is 34.5 Å². The molecule has 0 spiro atoms. The normalized spacial score (nSPS) is 27.4. The number of amides is 2. The topological polar surface area (TPSA) is 94.2 Å². The number of benzene rings is 1. The van der Waals surface area contributed by atoms with E-state index in [4.69, 9.17) is 0 Å². The molecule has 7 heteroatoms. The third-order valence-corrected chi connectivity index (χ3v) is 5.76. The first-order chi connectivity index (χ1) is 11.3. The van der Waals surface area contributed by atoms with Crippen molar-refractivity contribution in [2.24, 2.45) is 5.92 Å². The largest absolute Gasteiger partial charge is 0.363 e. The Bertz CT molecular complexity index is 803. The van der Waals surface area contributed by atoms with Crippen LogP contribution in [-0.2, 0) is 16.0 Å². The number of hydrogen-bond donors (Lipinski definition) is 4. The van der Waals surface area contributed by atoms with Crippen LogP contribution in [0.5, 0.6) is 0 Å². The lowest BCUT2D eigenvalue weighted by atomic mass is 9.93. The molecule has 2 aromatic rings. The maximum atomic E-state index is 12.8. The van der Waals surface area contributed by atoms with Crippen LogP contribution in [-0.4, -0.2) is 38.8 Å². The van der Waals surface area contributed by atoms with Gasteiger partial charge in [-0.2, -0.15) is 0 Å². The second kappa shape index (κ2) is 5.82. The van der Waals surface area contributed by atoms with Gasteiger partial charge in [-0.1, -0.05) is 32.0 Å². The van der Waals surface area contributed by atoms with Crippen molar-refractivity contribution in [1.29, 1.82) is 0 Å². The van der Waals surface area contributed by atoms with Crippen LogP contribution in [0.4, 0.5) is 0 Å². The second-order valence-corrected chi connectivity index (χ2v) is 7.50. The highest BCUT2D eigenvalue weighted by Crippen LogP contribution is 2.33. The number of nitrogens with one attached hydrogen (secondary N) is 3. The number of aromatic nitrogens is 1. The summed E-state index contributed by atoms with van der Waals surface area (Å²) in [6, 6.07) is 7.80. The Morgan fingerprint density at radius 3 is 2.54 bits per heavy atom. The van der Waals surface area contributed by atoms with Gasteiger partial charge < -0.3 is 20.7 Å². The molecule has 4 N–H and O–H groups in total. The van der Waals surface area contributed by atoms with Crippen molar-refractivity contribution < 1.29 is 14.7 Å². The van der Waals surface area contributed by atoms with Crippen molar-refractivity contribution in [2.45, 2.75) is 30.9 Å². The fourth-order valence-electron chi connectivity index (χ4n) is 2.96. The van der Waals surface area contributed by atoms with Crippen LogP contribution in [0, 0.1) is 5.92 Å². The first kappa shape index (κ1) is 16.9.